The molecule has 0 unspecified atom stereocenters. The lowest BCUT2D eigenvalue weighted by Gasteiger charge is -2.26. The van der Waals surface area contributed by atoms with Gasteiger partial charge in [-0.25, -0.2) is 0 Å². The molecule has 0 aromatic carbocycles. The lowest BCUT2D eigenvalue weighted by atomic mass is 10.0. The maximum absolute atomic E-state index is 12.1. The molecule has 2 N–H and O–H groups in total. The smallest absolute Gasteiger partial charge is 0.242 e. The fourth-order valence-corrected chi connectivity index (χ4v) is 2.46. The molecule has 108 valence electrons. The monoisotopic (exact) mass is 277 g/mol. The van der Waals surface area contributed by atoms with Gasteiger partial charge in [0.25, 0.3) is 0 Å². The number of aliphatic hydroxyl groups excluding tert-OH is 1. The summed E-state index contributed by atoms with van der Waals surface area (Å²) in [5, 5.41) is 12.5. The number of aliphatic hydroxyl groups is 1. The van der Waals surface area contributed by atoms with Crippen molar-refractivity contribution in [1.29, 1.82) is 0 Å². The first kappa shape index (κ1) is 14.5. The number of carbonyl (C=O) groups excluding carboxylic acids is 2. The zero-order valence-corrected chi connectivity index (χ0v) is 11.5. The lowest BCUT2D eigenvalue weighted by molar-refractivity contribution is -0.133. The summed E-state index contributed by atoms with van der Waals surface area (Å²) in [6, 6.07) is 3.51. The van der Waals surface area contributed by atoms with Crippen molar-refractivity contribution in [3.63, 3.8) is 0 Å². The molecule has 1 fully saturated rings. The van der Waals surface area contributed by atoms with Crippen LogP contribution in [-0.2, 0) is 16.0 Å². The predicted octanol–water partition coefficient (Wildman–Crippen LogP) is -0.278. The van der Waals surface area contributed by atoms with Gasteiger partial charge in [-0.2, -0.15) is 0 Å². The van der Waals surface area contributed by atoms with Crippen LogP contribution in [0.25, 0.3) is 0 Å². The average Bonchev–Trinajstić information content (AvgIpc) is 2.79. The number of nitrogens with zero attached hydrogens (tertiary/aromatic N) is 2. The van der Waals surface area contributed by atoms with E-state index in [2.05, 4.69) is 10.3 Å². The zero-order valence-electron chi connectivity index (χ0n) is 11.5. The molecule has 2 atom stereocenters. The number of pyridine rings is 1. The first-order valence-electron chi connectivity index (χ1n) is 6.69. The van der Waals surface area contributed by atoms with E-state index in [0.29, 0.717) is 19.4 Å². The molecule has 1 saturated heterocycles. The van der Waals surface area contributed by atoms with Crippen molar-refractivity contribution >= 4 is 11.8 Å². The molecule has 2 heterocycles. The van der Waals surface area contributed by atoms with Crippen molar-refractivity contribution in [3.05, 3.63) is 30.1 Å². The molecule has 6 nitrogen and oxygen atoms in total. The summed E-state index contributed by atoms with van der Waals surface area (Å²) in [6.45, 7) is 1.87. The van der Waals surface area contributed by atoms with Crippen LogP contribution in [0.15, 0.2) is 24.5 Å². The first-order valence-corrected chi connectivity index (χ1v) is 6.69. The summed E-state index contributed by atoms with van der Waals surface area (Å²) in [6.07, 6.45) is 4.03. The van der Waals surface area contributed by atoms with E-state index in [0.717, 1.165) is 5.56 Å². The Morgan fingerprint density at radius 2 is 2.35 bits per heavy atom. The lowest BCUT2D eigenvalue weighted by Crippen LogP contribution is -2.45. The molecule has 0 bridgehead atoms. The minimum atomic E-state index is -0.531. The topological polar surface area (TPSA) is 82.5 Å². The fourth-order valence-electron chi connectivity index (χ4n) is 2.46. The number of amides is 2. The van der Waals surface area contributed by atoms with E-state index in [1.807, 2.05) is 12.1 Å². The minimum Gasteiger partial charge on any atom is -0.391 e. The first-order chi connectivity index (χ1) is 9.58. The maximum atomic E-state index is 12.1. The van der Waals surface area contributed by atoms with Gasteiger partial charge in [0.05, 0.1) is 18.7 Å². The number of hydrogen-bond acceptors (Lipinski definition) is 4. The SMILES string of the molecule is CC(=O)NCC(=O)N1CC[C@@H](O)[C@H]1Cc1cccnc1. The fraction of sp³-hybridized carbons (Fsp3) is 0.500. The number of aromatic nitrogens is 1. The van der Waals surface area contributed by atoms with Crippen molar-refractivity contribution in [1.82, 2.24) is 15.2 Å². The molecule has 1 aliphatic heterocycles. The Labute approximate surface area is 117 Å². The molecule has 20 heavy (non-hydrogen) atoms. The second-order valence-electron chi connectivity index (χ2n) is 4.99. The Balaban J connectivity index is 2.01. The highest BCUT2D eigenvalue weighted by Gasteiger charge is 2.35. The van der Waals surface area contributed by atoms with E-state index in [9.17, 15) is 14.7 Å². The Hall–Kier alpha value is -1.95. The van der Waals surface area contributed by atoms with Gasteiger partial charge in [-0.05, 0) is 24.5 Å². The second-order valence-corrected chi connectivity index (χ2v) is 4.99. The van der Waals surface area contributed by atoms with Crippen LogP contribution < -0.4 is 5.32 Å². The highest BCUT2D eigenvalue weighted by Crippen LogP contribution is 2.21. The van der Waals surface area contributed by atoms with Crippen LogP contribution >= 0.6 is 0 Å². The van der Waals surface area contributed by atoms with E-state index >= 15 is 0 Å². The quantitative estimate of drug-likeness (QED) is 0.793. The van der Waals surface area contributed by atoms with E-state index in [-0.39, 0.29) is 24.4 Å². The summed E-state index contributed by atoms with van der Waals surface area (Å²) >= 11 is 0. The van der Waals surface area contributed by atoms with E-state index < -0.39 is 6.10 Å². The van der Waals surface area contributed by atoms with Crippen LogP contribution in [0, 0.1) is 0 Å². The Kier molecular flexibility index (Phi) is 4.68. The van der Waals surface area contributed by atoms with E-state index in [1.54, 1.807) is 17.3 Å². The van der Waals surface area contributed by atoms with Gasteiger partial charge in [-0.3, -0.25) is 14.6 Å². The number of nitrogens with one attached hydrogen (secondary N) is 1. The van der Waals surface area contributed by atoms with Crippen molar-refractivity contribution in [2.45, 2.75) is 31.9 Å². The third-order valence-corrected chi connectivity index (χ3v) is 3.49. The van der Waals surface area contributed by atoms with Gasteiger partial charge in [-0.15, -0.1) is 0 Å². The highest BCUT2D eigenvalue weighted by molar-refractivity contribution is 5.84. The average molecular weight is 277 g/mol. The number of rotatable bonds is 4. The molecular formula is C14H19N3O3. The molecule has 0 aliphatic carbocycles. The van der Waals surface area contributed by atoms with Gasteiger partial charge in [0.15, 0.2) is 0 Å². The predicted molar refractivity (Wildman–Crippen MR) is 72.7 cm³/mol. The van der Waals surface area contributed by atoms with Gasteiger partial charge in [-0.1, -0.05) is 6.07 Å². The largest absolute Gasteiger partial charge is 0.391 e. The van der Waals surface area contributed by atoms with E-state index in [4.69, 9.17) is 0 Å². The molecule has 1 aliphatic rings. The third kappa shape index (κ3) is 3.54. The van der Waals surface area contributed by atoms with Crippen LogP contribution in [0.5, 0.6) is 0 Å². The van der Waals surface area contributed by atoms with E-state index in [1.165, 1.54) is 6.92 Å². The van der Waals surface area contributed by atoms with Gasteiger partial charge in [0, 0.05) is 25.9 Å². The van der Waals surface area contributed by atoms with Crippen molar-refractivity contribution in [2.24, 2.45) is 0 Å². The maximum Gasteiger partial charge on any atom is 0.242 e. The van der Waals surface area contributed by atoms with Gasteiger partial charge < -0.3 is 15.3 Å². The molecule has 6 heteroatoms. The molecule has 0 spiro atoms. The van der Waals surface area contributed by atoms with Gasteiger partial charge >= 0.3 is 0 Å². The summed E-state index contributed by atoms with van der Waals surface area (Å²) in [7, 11) is 0. The second kappa shape index (κ2) is 6.47. The molecule has 2 amide bonds. The number of likely N-dealkylation sites (tertiary alicyclic amines) is 1. The van der Waals surface area contributed by atoms with Crippen LogP contribution in [0.4, 0.5) is 0 Å². The Morgan fingerprint density at radius 1 is 1.55 bits per heavy atom. The molecule has 1 aromatic heterocycles. The van der Waals surface area contributed by atoms with Crippen LogP contribution in [-0.4, -0.2) is 52.0 Å². The van der Waals surface area contributed by atoms with Crippen molar-refractivity contribution < 1.29 is 14.7 Å². The van der Waals surface area contributed by atoms with Gasteiger partial charge in [0.1, 0.15) is 0 Å². The van der Waals surface area contributed by atoms with Crippen LogP contribution in [0.1, 0.15) is 18.9 Å². The molecule has 1 aromatic rings. The number of carbonyl (C=O) groups is 2. The normalized spacial score (nSPS) is 21.8. The van der Waals surface area contributed by atoms with Crippen molar-refractivity contribution in [3.8, 4) is 0 Å². The molecule has 2 rings (SSSR count). The third-order valence-electron chi connectivity index (χ3n) is 3.49. The Morgan fingerprint density at radius 3 is 3.00 bits per heavy atom. The Bertz CT molecular complexity index is 478. The summed E-state index contributed by atoms with van der Waals surface area (Å²) in [4.78, 5) is 28.6. The molecule has 0 saturated carbocycles. The summed E-state index contributed by atoms with van der Waals surface area (Å²) in [5.41, 5.74) is 0.982. The van der Waals surface area contributed by atoms with Gasteiger partial charge in [0.2, 0.25) is 11.8 Å². The highest BCUT2D eigenvalue weighted by atomic mass is 16.3. The number of hydrogen-bond donors (Lipinski definition) is 2. The zero-order chi connectivity index (χ0) is 14.5. The van der Waals surface area contributed by atoms with Crippen LogP contribution in [0.3, 0.4) is 0 Å². The molecule has 0 radical (unpaired) electrons. The van der Waals surface area contributed by atoms with Crippen molar-refractivity contribution in [2.75, 3.05) is 13.1 Å². The minimum absolute atomic E-state index is 0.0222. The molecular weight excluding hydrogens is 258 g/mol. The van der Waals surface area contributed by atoms with Crippen LogP contribution in [0.2, 0.25) is 0 Å². The standard InChI is InChI=1S/C14H19N3O3/c1-10(18)16-9-14(20)17-6-4-13(19)12(17)7-11-3-2-5-15-8-11/h2-3,5,8,12-13,19H,4,6-7,9H2,1H3,(H,16,18)/t12-,13-/m1/s1. The summed E-state index contributed by atoms with van der Waals surface area (Å²) < 4.78 is 0. The summed E-state index contributed by atoms with van der Waals surface area (Å²) in [5.74, 6) is -0.396.